The molecule has 0 saturated heterocycles. The molecule has 0 spiro atoms. The second kappa shape index (κ2) is 12.9. The van der Waals surface area contributed by atoms with Crippen LogP contribution in [-0.2, 0) is 37.6 Å². The third kappa shape index (κ3) is 6.13. The Hall–Kier alpha value is -4.70. The average Bonchev–Trinajstić information content (AvgIpc) is 3.79. The molecule has 0 unspecified atom stereocenters. The number of ether oxygens (including phenoxy) is 3. The summed E-state index contributed by atoms with van der Waals surface area (Å²) in [5, 5.41) is 6.71. The number of rotatable bonds is 12. The second-order valence-electron chi connectivity index (χ2n) is 9.57. The number of carbonyl (C=O) groups excluding carboxylic acids is 2. The van der Waals surface area contributed by atoms with E-state index >= 15 is 0 Å². The van der Waals surface area contributed by atoms with Crippen molar-refractivity contribution in [2.45, 2.75) is 39.3 Å². The lowest BCUT2D eigenvalue weighted by Crippen LogP contribution is -2.43. The molecule has 0 N–H and O–H groups in total. The van der Waals surface area contributed by atoms with Crippen LogP contribution in [0.2, 0.25) is 0 Å². The number of oxazole rings is 1. The monoisotopic (exact) mass is 585 g/mol. The SMILES string of the molecule is CCOC(=O)C(C)(C(=O)OCC)c1cn(Cc2ccc(OCc3coc(-c4ccccc4)n3)cc2)nc1-c1cccs1. The van der Waals surface area contributed by atoms with Gasteiger partial charge in [0.15, 0.2) is 5.41 Å². The Balaban J connectivity index is 1.34. The van der Waals surface area contributed by atoms with E-state index in [1.54, 1.807) is 31.0 Å². The lowest BCUT2D eigenvalue weighted by molar-refractivity contribution is -0.163. The molecule has 216 valence electrons. The van der Waals surface area contributed by atoms with Gasteiger partial charge in [-0.25, -0.2) is 4.98 Å². The standard InChI is InChI=1S/C32H31N3O6S/c1-4-38-30(36)32(3,31(37)39-5-2)26-19-35(34-28(26)27-12-9-17-42-27)18-22-13-15-25(16-14-22)40-20-24-21-41-29(33-24)23-10-7-6-8-11-23/h6-17,19,21H,4-5,18,20H2,1-3H3. The van der Waals surface area contributed by atoms with E-state index in [1.165, 1.54) is 18.3 Å². The molecular formula is C32H31N3O6S. The van der Waals surface area contributed by atoms with E-state index in [1.807, 2.05) is 72.1 Å². The van der Waals surface area contributed by atoms with Crippen molar-refractivity contribution in [2.75, 3.05) is 13.2 Å². The predicted molar refractivity (Wildman–Crippen MR) is 158 cm³/mol. The predicted octanol–water partition coefficient (Wildman–Crippen LogP) is 6.28. The maximum Gasteiger partial charge on any atom is 0.327 e. The van der Waals surface area contributed by atoms with Gasteiger partial charge in [-0.05, 0) is 62.0 Å². The molecule has 0 radical (unpaired) electrons. The van der Waals surface area contributed by atoms with E-state index < -0.39 is 17.4 Å². The fourth-order valence-electron chi connectivity index (χ4n) is 4.44. The fourth-order valence-corrected chi connectivity index (χ4v) is 5.16. The molecule has 0 aliphatic heterocycles. The molecule has 9 nitrogen and oxygen atoms in total. The molecule has 0 saturated carbocycles. The zero-order valence-corrected chi connectivity index (χ0v) is 24.4. The number of thiophene rings is 1. The quantitative estimate of drug-likeness (QED) is 0.124. The minimum atomic E-state index is -1.68. The molecule has 0 atom stereocenters. The van der Waals surface area contributed by atoms with Crippen LogP contribution < -0.4 is 4.74 Å². The first kappa shape index (κ1) is 28.8. The van der Waals surface area contributed by atoms with Gasteiger partial charge in [-0.3, -0.25) is 14.3 Å². The van der Waals surface area contributed by atoms with Crippen molar-refractivity contribution in [1.29, 1.82) is 0 Å². The molecule has 3 heterocycles. The lowest BCUT2D eigenvalue weighted by Gasteiger charge is -2.24. The van der Waals surface area contributed by atoms with Crippen molar-refractivity contribution >= 4 is 23.3 Å². The van der Waals surface area contributed by atoms with E-state index in [9.17, 15) is 9.59 Å². The van der Waals surface area contributed by atoms with Gasteiger partial charge >= 0.3 is 11.9 Å². The van der Waals surface area contributed by atoms with Crippen LogP contribution in [0.4, 0.5) is 0 Å². The molecule has 3 aromatic heterocycles. The summed E-state index contributed by atoms with van der Waals surface area (Å²) in [6.45, 7) is 5.88. The molecular weight excluding hydrogens is 554 g/mol. The highest BCUT2D eigenvalue weighted by molar-refractivity contribution is 7.13. The minimum absolute atomic E-state index is 0.134. The maximum atomic E-state index is 13.2. The highest BCUT2D eigenvalue weighted by atomic mass is 32.1. The summed E-state index contributed by atoms with van der Waals surface area (Å²) < 4.78 is 23.9. The Labute approximate surface area is 247 Å². The second-order valence-corrected chi connectivity index (χ2v) is 10.5. The van der Waals surface area contributed by atoms with Crippen molar-refractivity contribution < 1.29 is 28.2 Å². The smallest absolute Gasteiger partial charge is 0.327 e. The number of hydrogen-bond acceptors (Lipinski definition) is 9. The summed E-state index contributed by atoms with van der Waals surface area (Å²) in [5.74, 6) is -0.122. The van der Waals surface area contributed by atoms with E-state index in [0.29, 0.717) is 35.1 Å². The third-order valence-electron chi connectivity index (χ3n) is 6.65. The molecule has 0 fully saturated rings. The summed E-state index contributed by atoms with van der Waals surface area (Å²) in [6.07, 6.45) is 3.32. The fraction of sp³-hybridized carbons (Fsp3) is 0.250. The van der Waals surface area contributed by atoms with Crippen LogP contribution >= 0.6 is 11.3 Å². The Kier molecular flexibility index (Phi) is 8.83. The van der Waals surface area contributed by atoms with E-state index in [4.69, 9.17) is 23.7 Å². The minimum Gasteiger partial charge on any atom is -0.487 e. The number of nitrogens with zero attached hydrogens (tertiary/aromatic N) is 3. The van der Waals surface area contributed by atoms with Gasteiger partial charge in [0, 0.05) is 17.3 Å². The first-order valence-electron chi connectivity index (χ1n) is 13.6. The van der Waals surface area contributed by atoms with Gasteiger partial charge in [-0.15, -0.1) is 11.3 Å². The highest BCUT2D eigenvalue weighted by Gasteiger charge is 2.49. The number of esters is 2. The molecule has 0 aliphatic rings. The van der Waals surface area contributed by atoms with Gasteiger partial charge in [0.05, 0.1) is 24.6 Å². The van der Waals surface area contributed by atoms with Gasteiger partial charge in [0.2, 0.25) is 5.89 Å². The Bertz CT molecular complexity index is 1610. The van der Waals surface area contributed by atoms with Gasteiger partial charge in [0.1, 0.15) is 30.0 Å². The van der Waals surface area contributed by atoms with Crippen molar-refractivity contribution in [1.82, 2.24) is 14.8 Å². The number of aromatic nitrogens is 3. The molecule has 42 heavy (non-hydrogen) atoms. The molecule has 2 aromatic carbocycles. The van der Waals surface area contributed by atoms with Crippen LogP contribution in [0.25, 0.3) is 22.0 Å². The Morgan fingerprint density at radius 3 is 2.31 bits per heavy atom. The van der Waals surface area contributed by atoms with Gasteiger partial charge in [0.25, 0.3) is 0 Å². The van der Waals surface area contributed by atoms with Crippen LogP contribution in [0.1, 0.15) is 37.6 Å². The molecule has 10 heteroatoms. The molecule has 5 aromatic rings. The number of benzene rings is 2. The summed E-state index contributed by atoms with van der Waals surface area (Å²) >= 11 is 1.47. The summed E-state index contributed by atoms with van der Waals surface area (Å²) in [6, 6.07) is 21.1. The third-order valence-corrected chi connectivity index (χ3v) is 7.53. The zero-order chi connectivity index (χ0) is 29.5. The largest absolute Gasteiger partial charge is 0.487 e. The van der Waals surface area contributed by atoms with Crippen LogP contribution in [0.15, 0.2) is 89.0 Å². The van der Waals surface area contributed by atoms with E-state index in [0.717, 1.165) is 16.0 Å². The molecule has 0 bridgehead atoms. The van der Waals surface area contributed by atoms with Gasteiger partial charge < -0.3 is 18.6 Å². The van der Waals surface area contributed by atoms with Crippen molar-refractivity contribution in [2.24, 2.45) is 0 Å². The van der Waals surface area contributed by atoms with Crippen LogP contribution in [0.5, 0.6) is 5.75 Å². The van der Waals surface area contributed by atoms with Gasteiger partial charge in [-0.1, -0.05) is 36.4 Å². The summed E-state index contributed by atoms with van der Waals surface area (Å²) in [7, 11) is 0. The average molecular weight is 586 g/mol. The van der Waals surface area contributed by atoms with Crippen molar-refractivity contribution in [3.8, 4) is 27.8 Å². The van der Waals surface area contributed by atoms with Crippen LogP contribution in [-0.4, -0.2) is 39.9 Å². The molecule has 0 amide bonds. The zero-order valence-electron chi connectivity index (χ0n) is 23.6. The van der Waals surface area contributed by atoms with Crippen LogP contribution in [0, 0.1) is 0 Å². The van der Waals surface area contributed by atoms with E-state index in [-0.39, 0.29) is 19.8 Å². The van der Waals surface area contributed by atoms with E-state index in [2.05, 4.69) is 4.98 Å². The Morgan fingerprint density at radius 1 is 0.952 bits per heavy atom. The first-order valence-corrected chi connectivity index (χ1v) is 14.5. The normalized spacial score (nSPS) is 11.3. The molecule has 0 aliphatic carbocycles. The first-order chi connectivity index (χ1) is 20.4. The number of hydrogen-bond donors (Lipinski definition) is 0. The lowest BCUT2D eigenvalue weighted by atomic mass is 9.82. The van der Waals surface area contributed by atoms with Crippen molar-refractivity contribution in [3.63, 3.8) is 0 Å². The topological polar surface area (TPSA) is 106 Å². The molecule has 5 rings (SSSR count). The van der Waals surface area contributed by atoms with Crippen molar-refractivity contribution in [3.05, 3.63) is 101 Å². The van der Waals surface area contributed by atoms with Gasteiger partial charge in [-0.2, -0.15) is 5.10 Å². The highest BCUT2D eigenvalue weighted by Crippen LogP contribution is 2.37. The Morgan fingerprint density at radius 2 is 1.67 bits per heavy atom. The summed E-state index contributed by atoms with van der Waals surface area (Å²) in [4.78, 5) is 31.7. The van der Waals surface area contributed by atoms with Crippen LogP contribution in [0.3, 0.4) is 0 Å². The maximum absolute atomic E-state index is 13.2. The number of carbonyl (C=O) groups is 2. The summed E-state index contributed by atoms with van der Waals surface area (Å²) in [5.41, 5.74) is 1.84.